The van der Waals surface area contributed by atoms with E-state index in [0.717, 1.165) is 25.2 Å². The van der Waals surface area contributed by atoms with Crippen LogP contribution in [0.3, 0.4) is 0 Å². The second-order valence-electron chi connectivity index (χ2n) is 4.68. The van der Waals surface area contributed by atoms with Gasteiger partial charge in [0.1, 0.15) is 4.90 Å². The zero-order chi connectivity index (χ0) is 16.1. The molecule has 0 saturated carbocycles. The van der Waals surface area contributed by atoms with Crippen LogP contribution < -0.4 is 16.0 Å². The molecule has 0 fully saturated rings. The third kappa shape index (κ3) is 4.95. The van der Waals surface area contributed by atoms with Crippen LogP contribution >= 0.6 is 0 Å². The number of hydrogen-bond donors (Lipinski definition) is 3. The molecule has 0 aliphatic carbocycles. The average Bonchev–Trinajstić information content (AvgIpc) is 2.42. The van der Waals surface area contributed by atoms with Gasteiger partial charge in [-0.3, -0.25) is 5.84 Å². The predicted octanol–water partition coefficient (Wildman–Crippen LogP) is 0.844. The van der Waals surface area contributed by atoms with Crippen LogP contribution in [0.25, 0.3) is 0 Å². The van der Waals surface area contributed by atoms with Gasteiger partial charge in [-0.1, -0.05) is 19.8 Å². The van der Waals surface area contributed by atoms with Crippen LogP contribution in [0.5, 0.6) is 0 Å². The summed E-state index contributed by atoms with van der Waals surface area (Å²) in [6.07, 6.45) is 3.62. The summed E-state index contributed by atoms with van der Waals surface area (Å²) in [7, 11) is -7.32. The molecule has 1 rings (SSSR count). The molecular formula is C12H21N3O4S2. The number of nitrogens with two attached hydrogens (primary N) is 1. The lowest BCUT2D eigenvalue weighted by atomic mass is 10.3. The number of unbranched alkanes of at least 4 members (excludes halogenated alkanes) is 2. The van der Waals surface area contributed by atoms with Crippen molar-refractivity contribution in [3.63, 3.8) is 0 Å². The molecule has 120 valence electrons. The minimum absolute atomic E-state index is 0.0737. The number of hydrogen-bond acceptors (Lipinski definition) is 6. The van der Waals surface area contributed by atoms with Gasteiger partial charge in [-0.05, 0) is 24.6 Å². The summed E-state index contributed by atoms with van der Waals surface area (Å²) >= 11 is 0. The molecule has 9 heteroatoms. The summed E-state index contributed by atoms with van der Waals surface area (Å²) in [5.74, 6) is 5.29. The Morgan fingerprint density at radius 2 is 1.81 bits per heavy atom. The Hall–Kier alpha value is -1.16. The Kier molecular flexibility index (Phi) is 6.14. The predicted molar refractivity (Wildman–Crippen MR) is 82.1 cm³/mol. The van der Waals surface area contributed by atoms with Crippen LogP contribution in [-0.4, -0.2) is 29.6 Å². The van der Waals surface area contributed by atoms with Crippen molar-refractivity contribution in [2.75, 3.05) is 18.2 Å². The van der Waals surface area contributed by atoms with Crippen LogP contribution in [0.2, 0.25) is 0 Å². The van der Waals surface area contributed by atoms with Gasteiger partial charge in [0, 0.05) is 12.8 Å². The van der Waals surface area contributed by atoms with Crippen LogP contribution in [0.4, 0.5) is 5.69 Å². The summed E-state index contributed by atoms with van der Waals surface area (Å²) in [6, 6.07) is 3.74. The van der Waals surface area contributed by atoms with E-state index in [-0.39, 0.29) is 15.5 Å². The highest BCUT2D eigenvalue weighted by molar-refractivity contribution is 7.91. The Morgan fingerprint density at radius 3 is 2.33 bits per heavy atom. The van der Waals surface area contributed by atoms with Crippen molar-refractivity contribution in [3.05, 3.63) is 18.2 Å². The van der Waals surface area contributed by atoms with E-state index in [4.69, 9.17) is 5.84 Å². The van der Waals surface area contributed by atoms with E-state index in [1.54, 1.807) is 0 Å². The van der Waals surface area contributed by atoms with Gasteiger partial charge < -0.3 is 5.43 Å². The first-order valence-electron chi connectivity index (χ1n) is 6.52. The maximum Gasteiger partial charge on any atom is 0.242 e. The van der Waals surface area contributed by atoms with E-state index in [1.807, 2.05) is 6.92 Å². The molecule has 0 spiro atoms. The lowest BCUT2D eigenvalue weighted by Crippen LogP contribution is -2.26. The molecule has 21 heavy (non-hydrogen) atoms. The average molecular weight is 335 g/mol. The van der Waals surface area contributed by atoms with E-state index in [1.165, 1.54) is 12.1 Å². The number of rotatable bonds is 8. The quantitative estimate of drug-likeness (QED) is 0.368. The Labute approximate surface area is 125 Å². The zero-order valence-electron chi connectivity index (χ0n) is 12.1. The van der Waals surface area contributed by atoms with E-state index < -0.39 is 19.9 Å². The second-order valence-corrected chi connectivity index (χ2v) is 8.43. The lowest BCUT2D eigenvalue weighted by Gasteiger charge is -2.12. The SMILES string of the molecule is CCCCCNS(=O)(=O)c1cc(S(C)(=O)=O)ccc1NN. The molecule has 0 bridgehead atoms. The lowest BCUT2D eigenvalue weighted by molar-refractivity contribution is 0.576. The van der Waals surface area contributed by atoms with Gasteiger partial charge in [0.2, 0.25) is 10.0 Å². The maximum absolute atomic E-state index is 12.3. The molecule has 0 heterocycles. The number of nitrogen functional groups attached to an aromatic ring is 1. The fourth-order valence-electron chi connectivity index (χ4n) is 1.73. The van der Waals surface area contributed by atoms with Gasteiger partial charge in [0.25, 0.3) is 0 Å². The normalized spacial score (nSPS) is 12.3. The zero-order valence-corrected chi connectivity index (χ0v) is 13.7. The molecule has 4 N–H and O–H groups in total. The van der Waals surface area contributed by atoms with Crippen molar-refractivity contribution in [3.8, 4) is 0 Å². The summed E-state index contributed by atoms with van der Waals surface area (Å²) in [5.41, 5.74) is 2.41. The highest BCUT2D eigenvalue weighted by Crippen LogP contribution is 2.24. The number of benzene rings is 1. The minimum atomic E-state index is -3.82. The van der Waals surface area contributed by atoms with Crippen LogP contribution in [-0.2, 0) is 19.9 Å². The first-order valence-corrected chi connectivity index (χ1v) is 9.90. The van der Waals surface area contributed by atoms with E-state index in [2.05, 4.69) is 10.1 Å². The van der Waals surface area contributed by atoms with Gasteiger partial charge in [-0.2, -0.15) is 0 Å². The van der Waals surface area contributed by atoms with Crippen molar-refractivity contribution >= 4 is 25.5 Å². The topological polar surface area (TPSA) is 118 Å². The molecule has 7 nitrogen and oxygen atoms in total. The summed E-state index contributed by atoms with van der Waals surface area (Å²) < 4.78 is 50.0. The standard InChI is InChI=1S/C12H21N3O4S2/c1-3-4-5-8-14-21(18,19)12-9-10(20(2,16)17)6-7-11(12)15-13/h6-7,9,14-15H,3-5,8,13H2,1-2H3. The number of sulfonamides is 1. The monoisotopic (exact) mass is 335 g/mol. The molecule has 0 aliphatic heterocycles. The Balaban J connectivity index is 3.14. The van der Waals surface area contributed by atoms with Crippen LogP contribution in [0, 0.1) is 0 Å². The van der Waals surface area contributed by atoms with Gasteiger partial charge in [-0.25, -0.2) is 21.6 Å². The maximum atomic E-state index is 12.3. The molecular weight excluding hydrogens is 314 g/mol. The van der Waals surface area contributed by atoms with Crippen molar-refractivity contribution in [1.82, 2.24) is 4.72 Å². The number of anilines is 1. The Morgan fingerprint density at radius 1 is 1.14 bits per heavy atom. The number of hydrazine groups is 1. The first-order chi connectivity index (χ1) is 9.72. The first kappa shape index (κ1) is 17.9. The van der Waals surface area contributed by atoms with Crippen LogP contribution in [0.1, 0.15) is 26.2 Å². The number of nitrogens with one attached hydrogen (secondary N) is 2. The van der Waals surface area contributed by atoms with Crippen molar-refractivity contribution < 1.29 is 16.8 Å². The molecule has 0 radical (unpaired) electrons. The molecule has 1 aromatic carbocycles. The fraction of sp³-hybridized carbons (Fsp3) is 0.500. The van der Waals surface area contributed by atoms with Gasteiger partial charge in [0.15, 0.2) is 9.84 Å². The molecule has 0 aliphatic rings. The van der Waals surface area contributed by atoms with E-state index in [9.17, 15) is 16.8 Å². The van der Waals surface area contributed by atoms with Crippen molar-refractivity contribution in [2.24, 2.45) is 5.84 Å². The largest absolute Gasteiger partial charge is 0.323 e. The van der Waals surface area contributed by atoms with E-state index >= 15 is 0 Å². The smallest absolute Gasteiger partial charge is 0.242 e. The second kappa shape index (κ2) is 7.21. The minimum Gasteiger partial charge on any atom is -0.323 e. The molecule has 0 amide bonds. The van der Waals surface area contributed by atoms with Crippen LogP contribution in [0.15, 0.2) is 28.0 Å². The Bertz CT molecular complexity index is 684. The number of sulfone groups is 1. The fourth-order valence-corrected chi connectivity index (χ4v) is 3.72. The van der Waals surface area contributed by atoms with Gasteiger partial charge in [0.05, 0.1) is 10.6 Å². The third-order valence-corrected chi connectivity index (χ3v) is 5.51. The molecule has 0 unspecified atom stereocenters. The third-order valence-electron chi connectivity index (χ3n) is 2.90. The highest BCUT2D eigenvalue weighted by atomic mass is 32.2. The molecule has 0 aromatic heterocycles. The van der Waals surface area contributed by atoms with Crippen molar-refractivity contribution in [2.45, 2.75) is 36.0 Å². The molecule has 0 saturated heterocycles. The highest BCUT2D eigenvalue weighted by Gasteiger charge is 2.20. The van der Waals surface area contributed by atoms with Gasteiger partial charge in [-0.15, -0.1) is 0 Å². The van der Waals surface area contributed by atoms with Crippen molar-refractivity contribution in [1.29, 1.82) is 0 Å². The van der Waals surface area contributed by atoms with Gasteiger partial charge >= 0.3 is 0 Å². The summed E-state index contributed by atoms with van der Waals surface area (Å²) in [5, 5.41) is 0. The molecule has 1 aromatic rings. The summed E-state index contributed by atoms with van der Waals surface area (Å²) in [6.45, 7) is 2.31. The summed E-state index contributed by atoms with van der Waals surface area (Å²) in [4.78, 5) is -0.250. The molecule has 0 atom stereocenters. The van der Waals surface area contributed by atoms with E-state index in [0.29, 0.717) is 13.0 Å².